The van der Waals surface area contributed by atoms with Gasteiger partial charge in [0.1, 0.15) is 0 Å². The number of carbonyl (C=O) groups is 2. The Bertz CT molecular complexity index is 916. The summed E-state index contributed by atoms with van der Waals surface area (Å²) in [5.41, 5.74) is 13.1. The topological polar surface area (TPSA) is 92.7 Å². The van der Waals surface area contributed by atoms with Crippen LogP contribution in [-0.4, -0.2) is 60.9 Å². The zero-order valence-electron chi connectivity index (χ0n) is 22.9. The van der Waals surface area contributed by atoms with Gasteiger partial charge in [0.2, 0.25) is 11.8 Å². The van der Waals surface area contributed by atoms with E-state index in [9.17, 15) is 9.59 Å². The number of halogens is 1. The van der Waals surface area contributed by atoms with Crippen LogP contribution in [0.25, 0.3) is 0 Å². The number of likely N-dealkylation sites (N-methyl/N-ethyl adjacent to an activating group) is 2. The minimum atomic E-state index is -0.345. The predicted octanol–water partition coefficient (Wildman–Crippen LogP) is 3.96. The Kier molecular flexibility index (Phi) is 11.2. The van der Waals surface area contributed by atoms with Crippen molar-refractivity contribution in [3.63, 3.8) is 0 Å². The molecule has 2 aromatic rings. The van der Waals surface area contributed by atoms with Gasteiger partial charge in [0.05, 0.1) is 10.8 Å². The predicted molar refractivity (Wildman–Crippen MR) is 154 cm³/mol. The van der Waals surface area contributed by atoms with Crippen molar-refractivity contribution in [2.75, 3.05) is 39.3 Å². The van der Waals surface area contributed by atoms with Crippen molar-refractivity contribution < 1.29 is 9.59 Å². The molecule has 2 fully saturated rings. The molecule has 0 spiro atoms. The van der Waals surface area contributed by atoms with Crippen molar-refractivity contribution in [1.82, 2.24) is 9.80 Å². The summed E-state index contributed by atoms with van der Waals surface area (Å²) in [4.78, 5) is 29.3. The molecule has 4 atom stereocenters. The van der Waals surface area contributed by atoms with Crippen LogP contribution in [0.3, 0.4) is 0 Å². The fourth-order valence-electron chi connectivity index (χ4n) is 5.76. The average molecular weight is 529 g/mol. The number of hydrogen-bond donors (Lipinski definition) is 2. The van der Waals surface area contributed by atoms with E-state index in [4.69, 9.17) is 11.5 Å². The van der Waals surface area contributed by atoms with E-state index in [1.165, 1.54) is 0 Å². The van der Waals surface area contributed by atoms with Gasteiger partial charge in [-0.2, -0.15) is 0 Å². The molecular formula is C30H45ClN4O2. The van der Waals surface area contributed by atoms with Gasteiger partial charge >= 0.3 is 0 Å². The van der Waals surface area contributed by atoms with Gasteiger partial charge in [0, 0.05) is 26.2 Å². The lowest BCUT2D eigenvalue weighted by atomic mass is 9.91. The lowest BCUT2D eigenvalue weighted by Crippen LogP contribution is -2.40. The van der Waals surface area contributed by atoms with Crippen LogP contribution in [0.15, 0.2) is 60.7 Å². The smallest absolute Gasteiger partial charge is 0.233 e. The molecule has 2 amide bonds. The zero-order valence-corrected chi connectivity index (χ0v) is 23.7. The van der Waals surface area contributed by atoms with E-state index in [0.717, 1.165) is 50.1 Å². The zero-order chi connectivity index (χ0) is 26.3. The van der Waals surface area contributed by atoms with Crippen LogP contribution >= 0.6 is 12.4 Å². The maximum Gasteiger partial charge on any atom is 0.233 e. The number of nitrogens with zero attached hydrogens (tertiary/aromatic N) is 2. The maximum atomic E-state index is 12.7. The van der Waals surface area contributed by atoms with Gasteiger partial charge in [-0.15, -0.1) is 12.4 Å². The Morgan fingerprint density at radius 2 is 0.973 bits per heavy atom. The summed E-state index contributed by atoms with van der Waals surface area (Å²) in [5.74, 6) is 1.09. The average Bonchev–Trinajstić information content (AvgIpc) is 3.85. The number of nitrogens with two attached hydrogens (primary N) is 2. The molecule has 0 heterocycles. The lowest BCUT2D eigenvalue weighted by molar-refractivity contribution is -0.134. The molecule has 2 aliphatic carbocycles. The summed E-state index contributed by atoms with van der Waals surface area (Å²) in [5, 5.41) is 0. The number of benzene rings is 2. The molecule has 0 aliphatic heterocycles. The first-order valence-electron chi connectivity index (χ1n) is 13.5. The van der Waals surface area contributed by atoms with Crippen molar-refractivity contribution in [1.29, 1.82) is 0 Å². The summed E-state index contributed by atoms with van der Waals surface area (Å²) >= 11 is 0. The van der Waals surface area contributed by atoms with Crippen LogP contribution in [0.4, 0.5) is 0 Å². The summed E-state index contributed by atoms with van der Waals surface area (Å²) in [6.07, 6.45) is 1.78. The van der Waals surface area contributed by atoms with Crippen LogP contribution in [0.5, 0.6) is 0 Å². The molecule has 4 rings (SSSR count). The third-order valence-corrected chi connectivity index (χ3v) is 8.22. The highest BCUT2D eigenvalue weighted by Crippen LogP contribution is 2.55. The Balaban J connectivity index is 0.000000253. The Labute approximate surface area is 229 Å². The molecule has 204 valence electrons. The second-order valence-corrected chi connectivity index (χ2v) is 9.90. The van der Waals surface area contributed by atoms with Gasteiger partial charge in [-0.1, -0.05) is 60.7 Å². The molecular weight excluding hydrogens is 484 g/mol. The summed E-state index contributed by atoms with van der Waals surface area (Å²) in [7, 11) is 0. The van der Waals surface area contributed by atoms with Gasteiger partial charge < -0.3 is 21.3 Å². The second-order valence-electron chi connectivity index (χ2n) is 9.90. The molecule has 37 heavy (non-hydrogen) atoms. The van der Waals surface area contributed by atoms with Gasteiger partial charge in [-0.05, 0) is 76.6 Å². The summed E-state index contributed by atoms with van der Waals surface area (Å²) < 4.78 is 0. The molecule has 7 heteroatoms. The van der Waals surface area contributed by atoms with Gasteiger partial charge in [-0.25, -0.2) is 0 Å². The molecule has 2 aromatic carbocycles. The van der Waals surface area contributed by atoms with E-state index in [-0.39, 0.29) is 35.1 Å². The van der Waals surface area contributed by atoms with E-state index in [2.05, 4.69) is 24.3 Å². The number of amides is 2. The van der Waals surface area contributed by atoms with E-state index in [0.29, 0.717) is 24.9 Å². The van der Waals surface area contributed by atoms with E-state index >= 15 is 0 Å². The molecule has 6 nitrogen and oxygen atoms in total. The Morgan fingerprint density at radius 3 is 1.19 bits per heavy atom. The molecule has 2 aliphatic rings. The molecule has 0 aromatic heterocycles. The fourth-order valence-corrected chi connectivity index (χ4v) is 5.76. The highest BCUT2D eigenvalue weighted by Gasteiger charge is 2.61. The van der Waals surface area contributed by atoms with E-state index < -0.39 is 0 Å². The van der Waals surface area contributed by atoms with Crippen molar-refractivity contribution >= 4 is 24.2 Å². The normalized spacial score (nSPS) is 25.1. The fraction of sp³-hybridized carbons (Fsp3) is 0.533. The number of hydrogen-bond acceptors (Lipinski definition) is 4. The first-order valence-corrected chi connectivity index (χ1v) is 13.5. The Morgan fingerprint density at radius 1 is 0.676 bits per heavy atom. The standard InChI is InChI=1S/2C15H22N2O.ClH/c2*1-3-17(4-2)14(18)15(10-13(15)11-16)12-8-6-5-7-9-12;/h2*5-9,13H,3-4,10-11,16H2,1-2H3;1H. The van der Waals surface area contributed by atoms with Crippen molar-refractivity contribution in [3.05, 3.63) is 71.8 Å². The Hall–Kier alpha value is -2.41. The first kappa shape index (κ1) is 30.8. The van der Waals surface area contributed by atoms with Crippen LogP contribution < -0.4 is 11.5 Å². The van der Waals surface area contributed by atoms with Gasteiger partial charge in [-0.3, -0.25) is 9.59 Å². The largest absolute Gasteiger partial charge is 0.342 e. The van der Waals surface area contributed by atoms with Crippen molar-refractivity contribution in [3.8, 4) is 0 Å². The monoisotopic (exact) mass is 528 g/mol. The molecule has 0 bridgehead atoms. The first-order chi connectivity index (χ1) is 17.4. The highest BCUT2D eigenvalue weighted by molar-refractivity contribution is 5.92. The number of rotatable bonds is 10. The van der Waals surface area contributed by atoms with Gasteiger partial charge in [0.25, 0.3) is 0 Å². The van der Waals surface area contributed by atoms with E-state index in [1.807, 2.05) is 73.9 Å². The third-order valence-electron chi connectivity index (χ3n) is 8.22. The van der Waals surface area contributed by atoms with Gasteiger partial charge in [0.15, 0.2) is 0 Å². The molecule has 4 N–H and O–H groups in total. The highest BCUT2D eigenvalue weighted by atomic mass is 35.5. The second kappa shape index (κ2) is 13.4. The molecule has 2 saturated carbocycles. The maximum absolute atomic E-state index is 12.7. The lowest BCUT2D eigenvalue weighted by Gasteiger charge is -2.26. The van der Waals surface area contributed by atoms with Crippen molar-refractivity contribution in [2.24, 2.45) is 23.3 Å². The van der Waals surface area contributed by atoms with Crippen LogP contribution in [0.1, 0.15) is 51.7 Å². The third kappa shape index (κ3) is 5.87. The summed E-state index contributed by atoms with van der Waals surface area (Å²) in [6.45, 7) is 12.3. The molecule has 0 saturated heterocycles. The molecule has 0 radical (unpaired) electrons. The summed E-state index contributed by atoms with van der Waals surface area (Å²) in [6, 6.07) is 20.2. The quantitative estimate of drug-likeness (QED) is 0.488. The SMILES string of the molecule is CCN(CC)C(=O)C1(c2ccccc2)CC1CN.CCN(CC)C(=O)C1(c2ccccc2)CC1CN.Cl. The van der Waals surface area contributed by atoms with E-state index in [1.54, 1.807) is 0 Å². The van der Waals surface area contributed by atoms with Crippen LogP contribution in [0, 0.1) is 11.8 Å². The van der Waals surface area contributed by atoms with Crippen LogP contribution in [-0.2, 0) is 20.4 Å². The molecule has 4 unspecified atom stereocenters. The number of carbonyl (C=O) groups excluding carboxylic acids is 2. The minimum absolute atomic E-state index is 0. The van der Waals surface area contributed by atoms with Crippen LogP contribution in [0.2, 0.25) is 0 Å². The minimum Gasteiger partial charge on any atom is -0.342 e. The van der Waals surface area contributed by atoms with Crippen molar-refractivity contribution in [2.45, 2.75) is 51.4 Å².